The Morgan fingerprint density at radius 1 is 0.911 bits per heavy atom. The molecule has 45 heavy (non-hydrogen) atoms. The number of carbonyl (C=O) groups excluding carboxylic acids is 2. The van der Waals surface area contributed by atoms with Gasteiger partial charge in [-0.25, -0.2) is 4.79 Å². The third-order valence-electron chi connectivity index (χ3n) is 7.59. The molecule has 0 aliphatic carbocycles. The molecule has 1 atom stereocenters. The van der Waals surface area contributed by atoms with Crippen LogP contribution in [-0.2, 0) is 26.6 Å². The molecule has 3 aromatic carbocycles. The van der Waals surface area contributed by atoms with Gasteiger partial charge in [-0.2, -0.15) is 11.8 Å². The molecule has 10 heteroatoms. The Hall–Kier alpha value is -4.83. The van der Waals surface area contributed by atoms with Gasteiger partial charge in [-0.15, -0.1) is 0 Å². The molecule has 2 aromatic heterocycles. The fraction of sp³-hybridized carbons (Fsp3) is 0.257. The van der Waals surface area contributed by atoms with E-state index in [2.05, 4.69) is 10.6 Å². The van der Waals surface area contributed by atoms with E-state index in [1.165, 1.54) is 11.8 Å². The first-order chi connectivity index (χ1) is 21.7. The SMILES string of the molecule is Cc1oc2cc3oc(=O)c(CC(=O)NC(CSCc4ccccc4)C(=O)NCCCC(=O)O)c(C)c3cc2c1-c1ccccc1. The fourth-order valence-electron chi connectivity index (χ4n) is 5.30. The van der Waals surface area contributed by atoms with Crippen molar-refractivity contribution in [3.8, 4) is 11.1 Å². The largest absolute Gasteiger partial charge is 0.481 e. The quantitative estimate of drug-likeness (QED) is 0.111. The molecule has 0 saturated carbocycles. The maximum atomic E-state index is 13.3. The van der Waals surface area contributed by atoms with Gasteiger partial charge in [0.25, 0.3) is 0 Å². The molecular formula is C35H34N2O7S. The number of aryl methyl sites for hydroxylation is 2. The molecule has 232 valence electrons. The van der Waals surface area contributed by atoms with Gasteiger partial charge in [-0.3, -0.25) is 14.4 Å². The Balaban J connectivity index is 1.36. The van der Waals surface area contributed by atoms with Crippen LogP contribution in [0.3, 0.4) is 0 Å². The second-order valence-corrected chi connectivity index (χ2v) is 11.9. The molecule has 0 radical (unpaired) electrons. The highest BCUT2D eigenvalue weighted by Crippen LogP contribution is 2.37. The number of nitrogens with one attached hydrogen (secondary N) is 2. The molecule has 2 heterocycles. The number of carboxylic acids is 1. The Labute approximate surface area is 264 Å². The predicted octanol–water partition coefficient (Wildman–Crippen LogP) is 5.76. The molecule has 9 nitrogen and oxygen atoms in total. The average Bonchev–Trinajstić information content (AvgIpc) is 3.35. The van der Waals surface area contributed by atoms with Crippen molar-refractivity contribution in [1.82, 2.24) is 10.6 Å². The van der Waals surface area contributed by atoms with Crippen LogP contribution >= 0.6 is 11.8 Å². The second kappa shape index (κ2) is 14.3. The lowest BCUT2D eigenvalue weighted by atomic mass is 9.98. The number of thioether (sulfide) groups is 1. The van der Waals surface area contributed by atoms with Crippen molar-refractivity contribution in [2.24, 2.45) is 0 Å². The molecule has 5 rings (SSSR count). The van der Waals surface area contributed by atoms with Gasteiger partial charge in [-0.1, -0.05) is 60.7 Å². The minimum Gasteiger partial charge on any atom is -0.481 e. The zero-order chi connectivity index (χ0) is 31.9. The van der Waals surface area contributed by atoms with Gasteiger partial charge in [0.05, 0.1) is 12.0 Å². The van der Waals surface area contributed by atoms with Gasteiger partial charge in [0.2, 0.25) is 11.8 Å². The van der Waals surface area contributed by atoms with Crippen LogP contribution in [0.2, 0.25) is 0 Å². The molecule has 3 N–H and O–H groups in total. The van der Waals surface area contributed by atoms with E-state index in [0.717, 1.165) is 27.8 Å². The summed E-state index contributed by atoms with van der Waals surface area (Å²) >= 11 is 1.49. The van der Waals surface area contributed by atoms with Crippen molar-refractivity contribution < 1.29 is 28.3 Å². The summed E-state index contributed by atoms with van der Waals surface area (Å²) < 4.78 is 11.7. The summed E-state index contributed by atoms with van der Waals surface area (Å²) in [6.45, 7) is 3.84. The van der Waals surface area contributed by atoms with E-state index in [4.69, 9.17) is 13.9 Å². The number of aliphatic carboxylic acids is 1. The Kier molecular flexibility index (Phi) is 10.0. The van der Waals surface area contributed by atoms with Crippen LogP contribution in [0.1, 0.15) is 35.3 Å². The van der Waals surface area contributed by atoms with Gasteiger partial charge in [0, 0.05) is 46.9 Å². The lowest BCUT2D eigenvalue weighted by Crippen LogP contribution is -2.49. The topological polar surface area (TPSA) is 139 Å². The Morgan fingerprint density at radius 3 is 2.31 bits per heavy atom. The summed E-state index contributed by atoms with van der Waals surface area (Å²) in [4.78, 5) is 50.3. The van der Waals surface area contributed by atoms with E-state index in [9.17, 15) is 19.2 Å². The highest BCUT2D eigenvalue weighted by Gasteiger charge is 2.24. The molecule has 0 saturated heterocycles. The highest BCUT2D eigenvalue weighted by molar-refractivity contribution is 7.98. The lowest BCUT2D eigenvalue weighted by Gasteiger charge is -2.19. The second-order valence-electron chi connectivity index (χ2n) is 10.8. The summed E-state index contributed by atoms with van der Waals surface area (Å²) in [5, 5.41) is 16.0. The third-order valence-corrected chi connectivity index (χ3v) is 8.69. The third kappa shape index (κ3) is 7.64. The summed E-state index contributed by atoms with van der Waals surface area (Å²) in [6, 6.07) is 22.4. The van der Waals surface area contributed by atoms with Crippen molar-refractivity contribution in [2.75, 3.05) is 12.3 Å². The number of furan rings is 1. The van der Waals surface area contributed by atoms with Crippen molar-refractivity contribution in [2.45, 2.75) is 44.9 Å². The predicted molar refractivity (Wildman–Crippen MR) is 175 cm³/mol. The maximum absolute atomic E-state index is 13.3. The number of benzene rings is 3. The van der Waals surface area contributed by atoms with E-state index >= 15 is 0 Å². The molecular weight excluding hydrogens is 592 g/mol. The lowest BCUT2D eigenvalue weighted by molar-refractivity contribution is -0.137. The van der Waals surface area contributed by atoms with Crippen molar-refractivity contribution >= 4 is 51.5 Å². The van der Waals surface area contributed by atoms with Crippen LogP contribution in [0, 0.1) is 13.8 Å². The van der Waals surface area contributed by atoms with Crippen LogP contribution in [-0.4, -0.2) is 41.2 Å². The minimum atomic E-state index is -0.947. The normalized spacial score (nSPS) is 11.9. The van der Waals surface area contributed by atoms with Crippen LogP contribution in [0.15, 0.2) is 86.4 Å². The average molecular weight is 627 g/mol. The van der Waals surface area contributed by atoms with Gasteiger partial charge in [0.1, 0.15) is 23.0 Å². The van der Waals surface area contributed by atoms with E-state index in [-0.39, 0.29) is 37.1 Å². The number of hydrogen-bond donors (Lipinski definition) is 3. The van der Waals surface area contributed by atoms with Crippen molar-refractivity contribution in [3.05, 3.63) is 106 Å². The number of amides is 2. The summed E-state index contributed by atoms with van der Waals surface area (Å²) in [6.07, 6.45) is -0.0788. The van der Waals surface area contributed by atoms with Crippen LogP contribution in [0.4, 0.5) is 0 Å². The highest BCUT2D eigenvalue weighted by atomic mass is 32.2. The maximum Gasteiger partial charge on any atom is 0.340 e. The fourth-order valence-corrected chi connectivity index (χ4v) is 6.32. The first kappa shape index (κ1) is 31.6. The zero-order valence-corrected chi connectivity index (χ0v) is 25.9. The van der Waals surface area contributed by atoms with Gasteiger partial charge < -0.3 is 24.6 Å². The molecule has 0 bridgehead atoms. The Bertz CT molecular complexity index is 1900. The van der Waals surface area contributed by atoms with E-state index in [1.54, 1.807) is 13.0 Å². The van der Waals surface area contributed by atoms with E-state index in [1.807, 2.05) is 73.7 Å². The molecule has 0 spiro atoms. The number of carboxylic acid groups (broad SMARTS) is 1. The number of rotatable bonds is 13. The molecule has 0 aliphatic rings. The Morgan fingerprint density at radius 2 is 1.60 bits per heavy atom. The number of fused-ring (bicyclic) bond motifs is 2. The first-order valence-electron chi connectivity index (χ1n) is 14.7. The minimum absolute atomic E-state index is 0.0748. The monoisotopic (exact) mass is 626 g/mol. The molecule has 2 amide bonds. The summed E-state index contributed by atoms with van der Waals surface area (Å²) in [5.41, 5.74) is 4.17. The standard InChI is InChI=1S/C35H34N2O7S/c1-21-25-16-27-30(43-22(2)33(27)24-12-7-4-8-13-24)18-29(25)44-35(42)26(21)17-31(38)37-28(34(41)36-15-9-14-32(39)40)20-45-19-23-10-5-3-6-11-23/h3-8,10-13,16,18,28H,9,14-15,17,19-20H2,1-2H3,(H,36,41)(H,37,38)(H,39,40). The van der Waals surface area contributed by atoms with E-state index < -0.39 is 29.5 Å². The van der Waals surface area contributed by atoms with Gasteiger partial charge in [-0.05, 0) is 43.0 Å². The summed E-state index contributed by atoms with van der Waals surface area (Å²) in [7, 11) is 0. The molecule has 0 fully saturated rings. The first-order valence-corrected chi connectivity index (χ1v) is 15.8. The van der Waals surface area contributed by atoms with Crippen LogP contribution in [0.25, 0.3) is 33.1 Å². The zero-order valence-electron chi connectivity index (χ0n) is 25.1. The number of hydrogen-bond acceptors (Lipinski definition) is 7. The molecule has 0 aliphatic heterocycles. The van der Waals surface area contributed by atoms with Crippen molar-refractivity contribution in [1.29, 1.82) is 0 Å². The summed E-state index contributed by atoms with van der Waals surface area (Å²) in [5.74, 6) is -0.194. The molecule has 1 unspecified atom stereocenters. The van der Waals surface area contributed by atoms with Gasteiger partial charge >= 0.3 is 11.6 Å². The van der Waals surface area contributed by atoms with Gasteiger partial charge in [0.15, 0.2) is 0 Å². The smallest absolute Gasteiger partial charge is 0.340 e. The molecule has 5 aromatic rings. The van der Waals surface area contributed by atoms with Crippen LogP contribution < -0.4 is 16.3 Å². The van der Waals surface area contributed by atoms with Crippen molar-refractivity contribution in [3.63, 3.8) is 0 Å². The van der Waals surface area contributed by atoms with E-state index in [0.29, 0.717) is 27.9 Å². The number of carbonyl (C=O) groups is 3. The van der Waals surface area contributed by atoms with Crippen LogP contribution in [0.5, 0.6) is 0 Å².